The minimum Gasteiger partial charge on any atom is -0.508 e. The Balaban J connectivity index is 2.38. The Labute approximate surface area is 110 Å². The summed E-state index contributed by atoms with van der Waals surface area (Å²) in [6.07, 6.45) is 0.887. The number of nitrogens with zero attached hydrogens (tertiary/aromatic N) is 2. The number of likely N-dealkylation sites (tertiary alicyclic amines) is 1. The number of carbonyl (C=O) groups is 1. The van der Waals surface area contributed by atoms with Crippen LogP contribution in [-0.2, 0) is 0 Å². The molecule has 1 heterocycles. The highest BCUT2D eigenvalue weighted by Crippen LogP contribution is 2.29. The molecular formula is C13H16N2O4. The van der Waals surface area contributed by atoms with Gasteiger partial charge in [-0.2, -0.15) is 0 Å². The van der Waals surface area contributed by atoms with Crippen molar-refractivity contribution in [3.05, 3.63) is 33.9 Å². The summed E-state index contributed by atoms with van der Waals surface area (Å²) in [7, 11) is 0. The third-order valence-electron chi connectivity index (χ3n) is 3.45. The Morgan fingerprint density at radius 2 is 2.16 bits per heavy atom. The first kappa shape index (κ1) is 13.3. The number of phenols is 1. The van der Waals surface area contributed by atoms with Crippen LogP contribution in [0.4, 0.5) is 5.69 Å². The summed E-state index contributed by atoms with van der Waals surface area (Å²) in [5, 5.41) is 20.4. The molecule has 102 valence electrons. The second-order valence-corrected chi connectivity index (χ2v) is 5.11. The number of nitro groups is 1. The molecule has 2 rings (SSSR count). The first-order valence-electron chi connectivity index (χ1n) is 6.18. The highest BCUT2D eigenvalue weighted by molar-refractivity contribution is 5.98. The Bertz CT molecular complexity index is 529. The van der Waals surface area contributed by atoms with Gasteiger partial charge in [0.05, 0.1) is 4.92 Å². The minimum atomic E-state index is -0.600. The zero-order chi connectivity index (χ0) is 14.2. The summed E-state index contributed by atoms with van der Waals surface area (Å²) < 4.78 is 0. The lowest BCUT2D eigenvalue weighted by Crippen LogP contribution is -2.34. The van der Waals surface area contributed by atoms with E-state index in [4.69, 9.17) is 0 Å². The van der Waals surface area contributed by atoms with Crippen molar-refractivity contribution < 1.29 is 14.8 Å². The van der Waals surface area contributed by atoms with E-state index in [0.29, 0.717) is 12.5 Å². The molecule has 1 saturated heterocycles. The number of benzene rings is 1. The average Bonchev–Trinajstić information content (AvgIpc) is 2.67. The molecule has 1 aliphatic rings. The standard InChI is InChI=1S/C13H16N2O4/c1-8-5-9(2)14(7-8)13(17)11-6-10(16)3-4-12(11)15(18)19/h3-4,6,8-9,16H,5,7H2,1-2H3. The molecule has 0 aliphatic carbocycles. The monoisotopic (exact) mass is 264 g/mol. The van der Waals surface area contributed by atoms with E-state index >= 15 is 0 Å². The van der Waals surface area contributed by atoms with E-state index in [9.17, 15) is 20.0 Å². The molecule has 1 N–H and O–H groups in total. The van der Waals surface area contributed by atoms with Crippen LogP contribution in [0.5, 0.6) is 5.75 Å². The molecule has 1 aliphatic heterocycles. The van der Waals surface area contributed by atoms with Gasteiger partial charge < -0.3 is 10.0 Å². The topological polar surface area (TPSA) is 83.7 Å². The van der Waals surface area contributed by atoms with Gasteiger partial charge in [0.15, 0.2) is 0 Å². The van der Waals surface area contributed by atoms with Crippen molar-refractivity contribution in [3.8, 4) is 5.75 Å². The number of hydrogen-bond acceptors (Lipinski definition) is 4. The van der Waals surface area contributed by atoms with Gasteiger partial charge in [0.2, 0.25) is 0 Å². The Morgan fingerprint density at radius 3 is 2.68 bits per heavy atom. The zero-order valence-electron chi connectivity index (χ0n) is 10.9. The van der Waals surface area contributed by atoms with Gasteiger partial charge in [-0.15, -0.1) is 0 Å². The van der Waals surface area contributed by atoms with Crippen molar-refractivity contribution in [2.45, 2.75) is 26.3 Å². The highest BCUT2D eigenvalue weighted by atomic mass is 16.6. The van der Waals surface area contributed by atoms with E-state index in [1.807, 2.05) is 13.8 Å². The van der Waals surface area contributed by atoms with E-state index in [1.54, 1.807) is 4.90 Å². The molecular weight excluding hydrogens is 248 g/mol. The predicted molar refractivity (Wildman–Crippen MR) is 69.0 cm³/mol. The number of amides is 1. The fourth-order valence-corrected chi connectivity index (χ4v) is 2.59. The summed E-state index contributed by atoms with van der Waals surface area (Å²) in [5.41, 5.74) is -0.319. The van der Waals surface area contributed by atoms with Crippen LogP contribution in [0, 0.1) is 16.0 Å². The van der Waals surface area contributed by atoms with Gasteiger partial charge in [0.1, 0.15) is 11.3 Å². The molecule has 2 atom stereocenters. The van der Waals surface area contributed by atoms with Crippen LogP contribution in [0.25, 0.3) is 0 Å². The van der Waals surface area contributed by atoms with Crippen molar-refractivity contribution >= 4 is 11.6 Å². The summed E-state index contributed by atoms with van der Waals surface area (Å²) >= 11 is 0. The Kier molecular flexibility index (Phi) is 3.42. The van der Waals surface area contributed by atoms with Crippen molar-refractivity contribution in [2.24, 2.45) is 5.92 Å². The van der Waals surface area contributed by atoms with Gasteiger partial charge >= 0.3 is 0 Å². The van der Waals surface area contributed by atoms with Crippen LogP contribution in [-0.4, -0.2) is 33.4 Å². The molecule has 6 heteroatoms. The van der Waals surface area contributed by atoms with Crippen molar-refractivity contribution in [1.82, 2.24) is 4.90 Å². The smallest absolute Gasteiger partial charge is 0.282 e. The predicted octanol–water partition coefficient (Wildman–Crippen LogP) is 2.17. The number of nitro benzene ring substituents is 1. The van der Waals surface area contributed by atoms with Crippen LogP contribution >= 0.6 is 0 Å². The minimum absolute atomic E-state index is 0.0500. The summed E-state index contributed by atoms with van der Waals surface area (Å²) in [6.45, 7) is 4.56. The van der Waals surface area contributed by atoms with Crippen molar-refractivity contribution in [2.75, 3.05) is 6.54 Å². The zero-order valence-corrected chi connectivity index (χ0v) is 10.9. The lowest BCUT2D eigenvalue weighted by atomic mass is 10.1. The third-order valence-corrected chi connectivity index (χ3v) is 3.45. The second kappa shape index (κ2) is 4.87. The maximum atomic E-state index is 12.4. The van der Waals surface area contributed by atoms with Crippen molar-refractivity contribution in [3.63, 3.8) is 0 Å². The first-order chi connectivity index (χ1) is 8.90. The van der Waals surface area contributed by atoms with Gasteiger partial charge in [0.25, 0.3) is 11.6 Å². The molecule has 19 heavy (non-hydrogen) atoms. The van der Waals surface area contributed by atoms with E-state index < -0.39 is 4.92 Å². The van der Waals surface area contributed by atoms with Crippen LogP contribution in [0.3, 0.4) is 0 Å². The van der Waals surface area contributed by atoms with Crippen LogP contribution < -0.4 is 0 Å². The molecule has 1 aromatic rings. The normalized spacial score (nSPS) is 22.5. The number of carbonyl (C=O) groups excluding carboxylic acids is 1. The van der Waals surface area contributed by atoms with Gasteiger partial charge in [-0.25, -0.2) is 0 Å². The summed E-state index contributed by atoms with van der Waals surface area (Å²) in [6, 6.07) is 3.60. The summed E-state index contributed by atoms with van der Waals surface area (Å²) in [5.74, 6) is -0.149. The molecule has 1 amide bonds. The lowest BCUT2D eigenvalue weighted by molar-refractivity contribution is -0.385. The quantitative estimate of drug-likeness (QED) is 0.655. The molecule has 1 fully saturated rings. The Morgan fingerprint density at radius 1 is 1.47 bits per heavy atom. The number of hydrogen-bond donors (Lipinski definition) is 1. The van der Waals surface area contributed by atoms with Gasteiger partial charge in [0, 0.05) is 18.7 Å². The molecule has 0 spiro atoms. The van der Waals surface area contributed by atoms with E-state index in [2.05, 4.69) is 0 Å². The Hall–Kier alpha value is -2.11. The molecule has 0 aromatic heterocycles. The highest BCUT2D eigenvalue weighted by Gasteiger charge is 2.33. The first-order valence-corrected chi connectivity index (χ1v) is 6.18. The van der Waals surface area contributed by atoms with E-state index in [0.717, 1.165) is 18.6 Å². The van der Waals surface area contributed by atoms with E-state index in [1.165, 1.54) is 6.07 Å². The third kappa shape index (κ3) is 2.52. The van der Waals surface area contributed by atoms with Crippen LogP contribution in [0.15, 0.2) is 18.2 Å². The molecule has 0 radical (unpaired) electrons. The molecule has 0 saturated carbocycles. The van der Waals surface area contributed by atoms with Crippen LogP contribution in [0.1, 0.15) is 30.6 Å². The van der Waals surface area contributed by atoms with Crippen molar-refractivity contribution in [1.29, 1.82) is 0 Å². The maximum Gasteiger partial charge on any atom is 0.282 e. The van der Waals surface area contributed by atoms with Gasteiger partial charge in [-0.1, -0.05) is 6.92 Å². The molecule has 2 unspecified atom stereocenters. The SMILES string of the molecule is CC1CC(C)N(C(=O)c2cc(O)ccc2[N+](=O)[O-])C1. The maximum absolute atomic E-state index is 12.4. The fourth-order valence-electron chi connectivity index (χ4n) is 2.59. The van der Waals surface area contributed by atoms with Crippen LogP contribution in [0.2, 0.25) is 0 Å². The second-order valence-electron chi connectivity index (χ2n) is 5.11. The fraction of sp³-hybridized carbons (Fsp3) is 0.462. The number of aromatic hydroxyl groups is 1. The summed E-state index contributed by atoms with van der Waals surface area (Å²) in [4.78, 5) is 24.4. The average molecular weight is 264 g/mol. The lowest BCUT2D eigenvalue weighted by Gasteiger charge is -2.21. The number of phenolic OH excluding ortho intramolecular Hbond substituents is 1. The molecule has 6 nitrogen and oxygen atoms in total. The van der Waals surface area contributed by atoms with Gasteiger partial charge in [-0.3, -0.25) is 14.9 Å². The molecule has 0 bridgehead atoms. The van der Waals surface area contributed by atoms with Gasteiger partial charge in [-0.05, 0) is 31.4 Å². The number of rotatable bonds is 2. The largest absolute Gasteiger partial charge is 0.508 e. The van der Waals surface area contributed by atoms with E-state index in [-0.39, 0.29) is 28.9 Å². The molecule has 1 aromatic carbocycles.